The quantitative estimate of drug-likeness (QED) is 0.0272. The summed E-state index contributed by atoms with van der Waals surface area (Å²) in [5.41, 5.74) is 24.9. The van der Waals surface area contributed by atoms with E-state index in [4.69, 9.17) is 22.9 Å². The van der Waals surface area contributed by atoms with Crippen LogP contribution in [0, 0.1) is 5.92 Å². The second-order valence-electron chi connectivity index (χ2n) is 19.1. The molecule has 0 radical (unpaired) electrons. The van der Waals surface area contributed by atoms with Gasteiger partial charge in [0.2, 0.25) is 41.4 Å². The molecule has 8 atom stereocenters. The fraction of sp³-hybridized carbons (Fsp3) is 0.551. The summed E-state index contributed by atoms with van der Waals surface area (Å²) in [4.78, 5) is 131. The number of carboxylic acids is 1. The molecule has 3 aliphatic heterocycles. The highest BCUT2D eigenvalue weighted by atomic mass is 32.2. The first-order chi connectivity index (χ1) is 35.9. The van der Waals surface area contributed by atoms with Crippen LogP contribution in [0.25, 0.3) is 0 Å². The number of unbranched alkanes of at least 4 members (excludes halogenated alkanes) is 1. The molecule has 8 amide bonds. The standard InChI is InChI=1S/C49H69N13O12S/c50-16-6-5-11-31(51)42(68)56-32(12-7-17-54-49(52)53)46(72)60-18-8-14-36(60)48(74)61-23-30(64)21-37(61)44(70)55-22-39(65)59-41(29-19-27-9-1-2-10-28(27)20-29)45(71)57-33(25-63)43(69)58-34-26-75-38-15-4-3-13-35(38)62(47(34)73)24-40(66)67/h1-4,9-10,13,15,29-34,36-37,41,63-64H,5-8,11-12,14,16-26,50-51H2,(H,55,70)(H,56,68)(H,57,71)(H,58,69)(H,59,65)(H,66,67)(H4,52,53,54)/t30?,31?,32?,33?,34-,36?,37?,41?/m1/s1. The van der Waals surface area contributed by atoms with Gasteiger partial charge in [0.1, 0.15) is 42.8 Å². The van der Waals surface area contributed by atoms with Crippen molar-refractivity contribution in [3.63, 3.8) is 0 Å². The van der Waals surface area contributed by atoms with Crippen molar-refractivity contribution in [2.45, 2.75) is 118 Å². The number of rotatable bonds is 24. The summed E-state index contributed by atoms with van der Waals surface area (Å²) in [6.45, 7) is -1.76. The summed E-state index contributed by atoms with van der Waals surface area (Å²) in [7, 11) is 0. The largest absolute Gasteiger partial charge is 0.480 e. The van der Waals surface area contributed by atoms with Gasteiger partial charge in [-0.3, -0.25) is 53.0 Å². The second kappa shape index (κ2) is 27.1. The first-order valence-corrected chi connectivity index (χ1v) is 26.1. The lowest BCUT2D eigenvalue weighted by atomic mass is 9.95. The van der Waals surface area contributed by atoms with E-state index >= 15 is 0 Å². The van der Waals surface area contributed by atoms with Crippen molar-refractivity contribution in [2.75, 3.05) is 56.5 Å². The minimum atomic E-state index is -1.62. The van der Waals surface area contributed by atoms with Gasteiger partial charge in [0, 0.05) is 36.7 Å². The van der Waals surface area contributed by atoms with Crippen molar-refractivity contribution in [1.82, 2.24) is 36.4 Å². The molecule has 0 spiro atoms. The molecule has 6 rings (SSSR count). The number of hydrogen-bond acceptors (Lipinski definition) is 15. The van der Waals surface area contributed by atoms with Crippen LogP contribution < -0.4 is 54.4 Å². The van der Waals surface area contributed by atoms with Crippen LogP contribution in [-0.2, 0) is 56.0 Å². The molecule has 26 heteroatoms. The SMILES string of the molecule is NCCCCC(N)C(=O)NC(CCCN=C(N)N)C(=O)N1CCCC1C(=O)N1CC(O)CC1C(=O)NCC(=O)NC(C(=O)NC(CO)C(=O)N[C@@H]1CSc2ccccc2N(CC(=O)O)C1=O)C1Cc2ccccc2C1. The minimum Gasteiger partial charge on any atom is -0.480 e. The van der Waals surface area contributed by atoms with E-state index in [0.717, 1.165) is 16.0 Å². The van der Waals surface area contributed by atoms with Gasteiger partial charge in [0.05, 0.1) is 31.0 Å². The van der Waals surface area contributed by atoms with Crippen LogP contribution in [0.1, 0.15) is 62.5 Å². The number of guanidine groups is 1. The number of carbonyl (C=O) groups excluding carboxylic acids is 8. The average Bonchev–Trinajstić information content (AvgIpc) is 4.14. The normalized spacial score (nSPS) is 20.9. The predicted molar refractivity (Wildman–Crippen MR) is 274 cm³/mol. The first kappa shape index (κ1) is 57.4. The number of fused-ring (bicyclic) bond motifs is 2. The smallest absolute Gasteiger partial charge is 0.323 e. The minimum absolute atomic E-state index is 0.0106. The number of hydrogen-bond donors (Lipinski definition) is 12. The molecule has 408 valence electrons. The monoisotopic (exact) mass is 1060 g/mol. The number of β-amino-alcohol motifs (C(OH)–C–C–N with tert-alkyl or cyclic N) is 1. The number of aliphatic hydroxyl groups excluding tert-OH is 2. The van der Waals surface area contributed by atoms with Crippen molar-refractivity contribution in [3.8, 4) is 0 Å². The van der Waals surface area contributed by atoms with E-state index in [1.54, 1.807) is 24.3 Å². The van der Waals surface area contributed by atoms with Gasteiger partial charge in [-0.15, -0.1) is 11.8 Å². The molecule has 0 aromatic heterocycles. The number of para-hydroxylation sites is 1. The van der Waals surface area contributed by atoms with Gasteiger partial charge in [-0.25, -0.2) is 0 Å². The van der Waals surface area contributed by atoms with E-state index in [1.807, 2.05) is 24.3 Å². The van der Waals surface area contributed by atoms with Crippen molar-refractivity contribution in [1.29, 1.82) is 0 Å². The Morgan fingerprint density at radius 3 is 2.21 bits per heavy atom. The molecule has 16 N–H and O–H groups in total. The third-order valence-corrected chi connectivity index (χ3v) is 14.8. The van der Waals surface area contributed by atoms with Gasteiger partial charge in [0.15, 0.2) is 5.96 Å². The van der Waals surface area contributed by atoms with Crippen molar-refractivity contribution in [2.24, 2.45) is 33.8 Å². The number of aliphatic hydroxyl groups is 2. The molecule has 25 nitrogen and oxygen atoms in total. The number of nitrogens with zero attached hydrogens (tertiary/aromatic N) is 4. The third kappa shape index (κ3) is 15.1. The number of amides is 8. The maximum Gasteiger partial charge on any atom is 0.323 e. The number of benzene rings is 2. The van der Waals surface area contributed by atoms with Gasteiger partial charge in [0.25, 0.3) is 5.91 Å². The Balaban J connectivity index is 1.10. The molecule has 2 fully saturated rings. The zero-order valence-corrected chi connectivity index (χ0v) is 42.4. The van der Waals surface area contributed by atoms with Gasteiger partial charge in [-0.2, -0.15) is 0 Å². The van der Waals surface area contributed by atoms with Gasteiger partial charge < -0.3 is 74.6 Å². The summed E-state index contributed by atoms with van der Waals surface area (Å²) in [5, 5.41) is 43.7. The number of likely N-dealkylation sites (tertiary alicyclic amines) is 2. The number of carbonyl (C=O) groups is 9. The molecular formula is C49H69N13O12S. The Morgan fingerprint density at radius 1 is 0.840 bits per heavy atom. The summed E-state index contributed by atoms with van der Waals surface area (Å²) >= 11 is 1.21. The summed E-state index contributed by atoms with van der Waals surface area (Å²) in [6, 6.07) is 5.59. The van der Waals surface area contributed by atoms with Crippen LogP contribution in [0.3, 0.4) is 0 Å². The molecule has 1 aliphatic carbocycles. The topological polar surface area (TPSA) is 401 Å². The van der Waals surface area contributed by atoms with Crippen LogP contribution in [-0.4, -0.2) is 184 Å². The maximum atomic E-state index is 14.3. The molecule has 75 heavy (non-hydrogen) atoms. The Hall–Kier alpha value is -6.87. The number of aliphatic carboxylic acids is 1. The maximum absolute atomic E-state index is 14.3. The van der Waals surface area contributed by atoms with Crippen LogP contribution >= 0.6 is 11.8 Å². The van der Waals surface area contributed by atoms with Crippen molar-refractivity contribution in [3.05, 3.63) is 59.7 Å². The van der Waals surface area contributed by atoms with E-state index in [-0.39, 0.29) is 50.6 Å². The average molecular weight is 1060 g/mol. The molecule has 0 bridgehead atoms. The predicted octanol–water partition coefficient (Wildman–Crippen LogP) is -3.86. The van der Waals surface area contributed by atoms with Gasteiger partial charge in [-0.05, 0) is 87.1 Å². The zero-order valence-electron chi connectivity index (χ0n) is 41.6. The highest BCUT2D eigenvalue weighted by molar-refractivity contribution is 7.99. The molecule has 3 heterocycles. The van der Waals surface area contributed by atoms with E-state index in [0.29, 0.717) is 62.1 Å². The fourth-order valence-electron chi connectivity index (χ4n) is 9.88. The van der Waals surface area contributed by atoms with Gasteiger partial charge >= 0.3 is 5.97 Å². The molecule has 4 aliphatic rings. The van der Waals surface area contributed by atoms with Gasteiger partial charge in [-0.1, -0.05) is 42.8 Å². The Morgan fingerprint density at radius 2 is 1.53 bits per heavy atom. The van der Waals surface area contributed by atoms with Crippen LogP contribution in [0.2, 0.25) is 0 Å². The van der Waals surface area contributed by atoms with E-state index in [2.05, 4.69) is 31.6 Å². The molecule has 0 saturated carbocycles. The number of nitrogens with one attached hydrogen (secondary N) is 5. The molecule has 7 unspecified atom stereocenters. The van der Waals surface area contributed by atoms with E-state index < -0.39 is 127 Å². The summed E-state index contributed by atoms with van der Waals surface area (Å²) in [5.74, 6) is -7.81. The second-order valence-corrected chi connectivity index (χ2v) is 20.2. The van der Waals surface area contributed by atoms with Crippen LogP contribution in [0.5, 0.6) is 0 Å². The molecule has 2 aromatic rings. The summed E-state index contributed by atoms with van der Waals surface area (Å²) < 4.78 is 0. The number of thioether (sulfide) groups is 1. The Labute approximate surface area is 437 Å². The summed E-state index contributed by atoms with van der Waals surface area (Å²) in [6.07, 6.45) is 2.04. The zero-order chi connectivity index (χ0) is 54.3. The highest BCUT2D eigenvalue weighted by Gasteiger charge is 2.46. The fourth-order valence-corrected chi connectivity index (χ4v) is 11.0. The number of anilines is 1. The van der Waals surface area contributed by atoms with E-state index in [9.17, 15) is 58.5 Å². The Bertz CT molecular complexity index is 2440. The number of aliphatic imine (C=N–C) groups is 1. The lowest BCUT2D eigenvalue weighted by Gasteiger charge is -2.33. The first-order valence-electron chi connectivity index (χ1n) is 25.1. The van der Waals surface area contributed by atoms with Crippen LogP contribution in [0.15, 0.2) is 58.4 Å². The lowest BCUT2D eigenvalue weighted by molar-refractivity contribution is -0.148. The molecule has 2 aromatic carbocycles. The Kier molecular flexibility index (Phi) is 20.7. The van der Waals surface area contributed by atoms with Crippen molar-refractivity contribution >= 4 is 76.6 Å². The lowest BCUT2D eigenvalue weighted by Crippen LogP contribution is -2.60. The molecular weight excluding hydrogens is 995 g/mol. The number of nitrogens with two attached hydrogens (primary N) is 4. The molecule has 2 saturated heterocycles. The van der Waals surface area contributed by atoms with E-state index in [1.165, 1.54) is 21.6 Å². The highest BCUT2D eigenvalue weighted by Crippen LogP contribution is 2.34. The van der Waals surface area contributed by atoms with Crippen LogP contribution in [0.4, 0.5) is 5.69 Å². The number of carboxylic acid groups (broad SMARTS) is 1. The van der Waals surface area contributed by atoms with Crippen molar-refractivity contribution < 1.29 is 58.5 Å². The third-order valence-electron chi connectivity index (χ3n) is 13.7.